The van der Waals surface area contributed by atoms with Gasteiger partial charge in [0.05, 0.1) is 0 Å². The topological polar surface area (TPSA) is 38.9 Å². The van der Waals surface area contributed by atoms with E-state index in [1.165, 1.54) is 12.1 Å². The van der Waals surface area contributed by atoms with Gasteiger partial charge in [-0.2, -0.15) is 0 Å². The van der Waals surface area contributed by atoms with Gasteiger partial charge in [0.25, 0.3) is 0 Å². The Hall–Kier alpha value is -2.53. The summed E-state index contributed by atoms with van der Waals surface area (Å²) in [5, 5.41) is 2.04. The summed E-state index contributed by atoms with van der Waals surface area (Å²) < 4.78 is 18.6. The number of benzene rings is 1. The summed E-state index contributed by atoms with van der Waals surface area (Å²) in [5.41, 5.74) is 3.43. The molecule has 5 heteroatoms. The molecule has 23 heavy (non-hydrogen) atoms. The first kappa shape index (κ1) is 14.1. The zero-order valence-electron chi connectivity index (χ0n) is 12.2. The van der Waals surface area contributed by atoms with Crippen molar-refractivity contribution in [3.8, 4) is 10.4 Å². The molecule has 3 nitrogen and oxygen atoms in total. The number of hydrogen-bond donors (Lipinski definition) is 0. The fourth-order valence-electron chi connectivity index (χ4n) is 2.45. The van der Waals surface area contributed by atoms with Gasteiger partial charge in [0, 0.05) is 23.1 Å². The Balaban J connectivity index is 1.55. The molecule has 0 fully saturated rings. The van der Waals surface area contributed by atoms with Crippen LogP contribution in [0, 0.1) is 5.82 Å². The maximum absolute atomic E-state index is 12.9. The van der Waals surface area contributed by atoms with E-state index < -0.39 is 0 Å². The summed E-state index contributed by atoms with van der Waals surface area (Å²) >= 11 is 1.67. The molecule has 0 aliphatic heterocycles. The van der Waals surface area contributed by atoms with Gasteiger partial charge in [-0.15, -0.1) is 11.3 Å². The van der Waals surface area contributed by atoms with E-state index in [0.717, 1.165) is 27.9 Å². The molecule has 0 unspecified atom stereocenters. The summed E-state index contributed by atoms with van der Waals surface area (Å²) in [7, 11) is 0. The van der Waals surface area contributed by atoms with Gasteiger partial charge in [-0.1, -0.05) is 18.2 Å². The van der Waals surface area contributed by atoms with Gasteiger partial charge in [-0.3, -0.25) is 0 Å². The lowest BCUT2D eigenvalue weighted by molar-refractivity contribution is 0.520. The molecule has 3 heterocycles. The monoisotopic (exact) mass is 324 g/mol. The Kier molecular flexibility index (Phi) is 3.63. The third kappa shape index (κ3) is 3.00. The Morgan fingerprint density at radius 3 is 2.74 bits per heavy atom. The van der Waals surface area contributed by atoms with Gasteiger partial charge in [-0.05, 0) is 41.6 Å². The van der Waals surface area contributed by atoms with Crippen LogP contribution in [-0.2, 0) is 12.8 Å². The first-order valence-corrected chi connectivity index (χ1v) is 8.20. The van der Waals surface area contributed by atoms with Crippen molar-refractivity contribution in [2.45, 2.75) is 12.8 Å². The SMILES string of the molecule is Fc1ccc(CCc2nc3cc(-c4cccs4)cnc3o2)cc1. The van der Waals surface area contributed by atoms with Crippen LogP contribution in [0.3, 0.4) is 0 Å². The number of pyridine rings is 1. The van der Waals surface area contributed by atoms with Crippen molar-refractivity contribution in [1.82, 2.24) is 9.97 Å². The standard InChI is InChI=1S/C18H13FN2OS/c19-14-6-3-12(4-7-14)5-8-17-21-15-10-13(11-20-18(15)22-17)16-2-1-9-23-16/h1-4,6-7,9-11H,5,8H2. The number of thiophene rings is 1. The van der Waals surface area contributed by atoms with Crippen LogP contribution in [0.2, 0.25) is 0 Å². The minimum Gasteiger partial charge on any atom is -0.422 e. The molecule has 0 spiro atoms. The maximum atomic E-state index is 12.9. The van der Waals surface area contributed by atoms with Crippen LogP contribution < -0.4 is 0 Å². The lowest BCUT2D eigenvalue weighted by Gasteiger charge is -1.97. The molecule has 0 aliphatic rings. The number of aromatic nitrogens is 2. The Morgan fingerprint density at radius 2 is 1.96 bits per heavy atom. The number of oxazole rings is 1. The molecule has 0 N–H and O–H groups in total. The normalized spacial score (nSPS) is 11.2. The molecule has 0 radical (unpaired) electrons. The molecule has 1 aromatic carbocycles. The summed E-state index contributed by atoms with van der Waals surface area (Å²) in [6.45, 7) is 0. The minimum absolute atomic E-state index is 0.221. The maximum Gasteiger partial charge on any atom is 0.246 e. The number of nitrogens with zero attached hydrogens (tertiary/aromatic N) is 2. The van der Waals surface area contributed by atoms with Crippen molar-refractivity contribution in [3.05, 3.63) is 71.3 Å². The van der Waals surface area contributed by atoms with Crippen molar-refractivity contribution >= 4 is 22.6 Å². The molecular weight excluding hydrogens is 311 g/mol. The molecule has 0 saturated carbocycles. The number of fused-ring (bicyclic) bond motifs is 1. The fraction of sp³-hybridized carbons (Fsp3) is 0.111. The zero-order chi connectivity index (χ0) is 15.6. The fourth-order valence-corrected chi connectivity index (χ4v) is 3.16. The molecule has 3 aromatic heterocycles. The van der Waals surface area contributed by atoms with Crippen LogP contribution in [0.5, 0.6) is 0 Å². The molecule has 4 aromatic rings. The van der Waals surface area contributed by atoms with Gasteiger partial charge < -0.3 is 4.42 Å². The first-order valence-electron chi connectivity index (χ1n) is 7.32. The second kappa shape index (κ2) is 5.93. The van der Waals surface area contributed by atoms with E-state index in [2.05, 4.69) is 16.0 Å². The summed E-state index contributed by atoms with van der Waals surface area (Å²) in [6.07, 6.45) is 3.23. The van der Waals surface area contributed by atoms with Gasteiger partial charge in [0.15, 0.2) is 5.89 Å². The highest BCUT2D eigenvalue weighted by atomic mass is 32.1. The summed E-state index contributed by atoms with van der Waals surface area (Å²) in [5.74, 6) is 0.432. The number of hydrogen-bond acceptors (Lipinski definition) is 4. The summed E-state index contributed by atoms with van der Waals surface area (Å²) in [6, 6.07) is 12.6. The number of rotatable bonds is 4. The number of halogens is 1. The van der Waals surface area contributed by atoms with E-state index in [-0.39, 0.29) is 5.82 Å². The van der Waals surface area contributed by atoms with Crippen LogP contribution in [-0.4, -0.2) is 9.97 Å². The van der Waals surface area contributed by atoms with Gasteiger partial charge in [0.1, 0.15) is 11.3 Å². The minimum atomic E-state index is -0.221. The molecule has 0 saturated heterocycles. The Labute approximate surface area is 136 Å². The highest BCUT2D eigenvalue weighted by Crippen LogP contribution is 2.26. The third-order valence-electron chi connectivity index (χ3n) is 3.64. The Morgan fingerprint density at radius 1 is 1.09 bits per heavy atom. The van der Waals surface area contributed by atoms with Crippen molar-refractivity contribution < 1.29 is 8.81 Å². The molecule has 0 aliphatic carbocycles. The molecule has 0 atom stereocenters. The lowest BCUT2D eigenvalue weighted by Crippen LogP contribution is -1.91. The van der Waals surface area contributed by atoms with Crippen LogP contribution in [0.25, 0.3) is 21.7 Å². The van der Waals surface area contributed by atoms with Crippen molar-refractivity contribution in [2.75, 3.05) is 0 Å². The van der Waals surface area contributed by atoms with Crippen molar-refractivity contribution in [3.63, 3.8) is 0 Å². The number of aryl methyl sites for hydroxylation is 2. The predicted molar refractivity (Wildman–Crippen MR) is 88.9 cm³/mol. The van der Waals surface area contributed by atoms with E-state index in [9.17, 15) is 4.39 Å². The molecule has 4 rings (SSSR count). The first-order chi connectivity index (χ1) is 11.3. The van der Waals surface area contributed by atoms with Crippen LogP contribution >= 0.6 is 11.3 Å². The smallest absolute Gasteiger partial charge is 0.246 e. The van der Waals surface area contributed by atoms with Gasteiger partial charge in [0.2, 0.25) is 5.71 Å². The largest absolute Gasteiger partial charge is 0.422 e. The quantitative estimate of drug-likeness (QED) is 0.537. The van der Waals surface area contributed by atoms with Gasteiger partial charge in [-0.25, -0.2) is 14.4 Å². The third-order valence-corrected chi connectivity index (χ3v) is 4.56. The van der Waals surface area contributed by atoms with E-state index in [1.54, 1.807) is 23.5 Å². The average molecular weight is 324 g/mol. The molecule has 0 bridgehead atoms. The van der Waals surface area contributed by atoms with Crippen LogP contribution in [0.15, 0.2) is 58.5 Å². The molecule has 0 amide bonds. The Bertz CT molecular complexity index is 929. The zero-order valence-corrected chi connectivity index (χ0v) is 13.0. The second-order valence-corrected chi connectivity index (χ2v) is 6.21. The van der Waals surface area contributed by atoms with Gasteiger partial charge >= 0.3 is 0 Å². The van der Waals surface area contributed by atoms with Crippen molar-refractivity contribution in [2.24, 2.45) is 0 Å². The van der Waals surface area contributed by atoms with E-state index in [1.807, 2.05) is 23.7 Å². The van der Waals surface area contributed by atoms with Crippen molar-refractivity contribution in [1.29, 1.82) is 0 Å². The van der Waals surface area contributed by atoms with Crippen LogP contribution in [0.4, 0.5) is 4.39 Å². The second-order valence-electron chi connectivity index (χ2n) is 5.26. The van der Waals surface area contributed by atoms with E-state index in [4.69, 9.17) is 4.42 Å². The summed E-state index contributed by atoms with van der Waals surface area (Å²) in [4.78, 5) is 10.0. The van der Waals surface area contributed by atoms with E-state index >= 15 is 0 Å². The highest BCUT2D eigenvalue weighted by Gasteiger charge is 2.09. The predicted octanol–water partition coefficient (Wildman–Crippen LogP) is 4.88. The lowest BCUT2D eigenvalue weighted by atomic mass is 10.1. The van der Waals surface area contributed by atoms with E-state index in [0.29, 0.717) is 18.0 Å². The molecular formula is C18H13FN2OS. The highest BCUT2D eigenvalue weighted by molar-refractivity contribution is 7.13. The average Bonchev–Trinajstić information content (AvgIpc) is 3.23. The molecule has 114 valence electrons. The van der Waals surface area contributed by atoms with Crippen LogP contribution in [0.1, 0.15) is 11.5 Å².